The van der Waals surface area contributed by atoms with Crippen LogP contribution >= 0.6 is 0 Å². The number of methoxy groups -OCH3 is 2. The molecule has 0 N–H and O–H groups in total. The van der Waals surface area contributed by atoms with Gasteiger partial charge in [-0.1, -0.05) is 40.5 Å². The number of ketones is 2. The summed E-state index contributed by atoms with van der Waals surface area (Å²) in [7, 11) is 3.28. The fraction of sp³-hybridized carbons (Fsp3) is 0.611. The van der Waals surface area contributed by atoms with Crippen LogP contribution in [0.5, 0.6) is 11.5 Å². The average molecular weight is 581 g/mol. The van der Waals surface area contributed by atoms with Gasteiger partial charge in [-0.3, -0.25) is 9.59 Å². The highest BCUT2D eigenvalue weighted by atomic mass is 16.5. The monoisotopic (exact) mass is 580 g/mol. The largest absolute Gasteiger partial charge is 0.497 e. The van der Waals surface area contributed by atoms with E-state index in [4.69, 9.17) is 9.47 Å². The first kappa shape index (κ1) is 35.5. The van der Waals surface area contributed by atoms with E-state index >= 15 is 0 Å². The molecular weight excluding hydrogens is 524 g/mol. The van der Waals surface area contributed by atoms with Gasteiger partial charge in [0.15, 0.2) is 11.6 Å². The van der Waals surface area contributed by atoms with E-state index in [0.29, 0.717) is 0 Å². The van der Waals surface area contributed by atoms with E-state index in [2.05, 4.69) is 37.5 Å². The van der Waals surface area contributed by atoms with E-state index in [9.17, 15) is 9.59 Å². The summed E-state index contributed by atoms with van der Waals surface area (Å²) in [5.74, 6) is 1.80. The summed E-state index contributed by atoms with van der Waals surface area (Å²) in [6.07, 6.45) is 7.79. The molecule has 0 saturated carbocycles. The highest BCUT2D eigenvalue weighted by molar-refractivity contribution is 5.98. The van der Waals surface area contributed by atoms with Crippen LogP contribution in [0.1, 0.15) is 99.8 Å². The number of benzene rings is 2. The van der Waals surface area contributed by atoms with Crippen LogP contribution in [0.3, 0.4) is 0 Å². The zero-order chi connectivity index (χ0) is 30.7. The summed E-state index contributed by atoms with van der Waals surface area (Å²) < 4.78 is 10.6. The number of hydrogen-bond donors (Lipinski definition) is 0. The minimum atomic E-state index is -0.0658. The van der Waals surface area contributed by atoms with Crippen molar-refractivity contribution >= 4 is 11.6 Å². The molecule has 2 unspecified atom stereocenters. The first-order valence-electron chi connectivity index (χ1n) is 16.2. The van der Waals surface area contributed by atoms with Crippen molar-refractivity contribution in [2.24, 2.45) is 11.8 Å². The number of Topliss-reactive ketones (excluding diaryl/α,β-unsaturated/α-hetero) is 2. The standard InChI is InChI=1S/C36H56N2O4/c1-7-23-37(24-8-2)27-31(35(39)29-15-19-33(41-5)20-16-29)13-11-12-14-32(28-38(25-9-3)26-10-4)36(40)30-17-21-34(42-6)22-18-30/h15-22,31-32H,7-14,23-28H2,1-6H3. The molecule has 0 heterocycles. The third-order valence-electron chi connectivity index (χ3n) is 7.96. The zero-order valence-electron chi connectivity index (χ0n) is 27.2. The molecular formula is C36H56N2O4. The molecule has 2 aromatic carbocycles. The van der Waals surface area contributed by atoms with Crippen LogP contribution in [-0.4, -0.2) is 74.9 Å². The van der Waals surface area contributed by atoms with Gasteiger partial charge in [0.2, 0.25) is 0 Å². The second-order valence-corrected chi connectivity index (χ2v) is 11.5. The molecule has 0 aliphatic rings. The van der Waals surface area contributed by atoms with E-state index in [1.807, 2.05) is 48.5 Å². The van der Waals surface area contributed by atoms with Crippen molar-refractivity contribution in [2.45, 2.75) is 79.1 Å². The average Bonchev–Trinajstić information content (AvgIpc) is 3.01. The highest BCUT2D eigenvalue weighted by Gasteiger charge is 2.25. The fourth-order valence-electron chi connectivity index (χ4n) is 5.85. The van der Waals surface area contributed by atoms with Crippen molar-refractivity contribution in [2.75, 3.05) is 53.5 Å². The summed E-state index contributed by atoms with van der Waals surface area (Å²) in [4.78, 5) is 32.3. The van der Waals surface area contributed by atoms with Gasteiger partial charge in [0.25, 0.3) is 0 Å². The third kappa shape index (κ3) is 11.9. The van der Waals surface area contributed by atoms with Gasteiger partial charge >= 0.3 is 0 Å². The Morgan fingerprint density at radius 3 is 1.14 bits per heavy atom. The molecule has 0 saturated heterocycles. The van der Waals surface area contributed by atoms with Crippen LogP contribution in [0.15, 0.2) is 48.5 Å². The molecule has 0 aliphatic heterocycles. The molecule has 0 aliphatic carbocycles. The molecule has 234 valence electrons. The molecule has 6 nitrogen and oxygen atoms in total. The first-order valence-corrected chi connectivity index (χ1v) is 16.2. The molecule has 0 aromatic heterocycles. The summed E-state index contributed by atoms with van der Waals surface area (Å²) in [5.41, 5.74) is 1.49. The lowest BCUT2D eigenvalue weighted by atomic mass is 9.88. The van der Waals surface area contributed by atoms with Crippen molar-refractivity contribution < 1.29 is 19.1 Å². The number of unbranched alkanes of at least 4 members (excludes halogenated alkanes) is 1. The minimum absolute atomic E-state index is 0.0658. The Morgan fingerprint density at radius 1 is 0.571 bits per heavy atom. The van der Waals surface area contributed by atoms with Crippen LogP contribution in [0.2, 0.25) is 0 Å². The Labute approximate surface area is 255 Å². The number of hydrogen-bond acceptors (Lipinski definition) is 6. The third-order valence-corrected chi connectivity index (χ3v) is 7.96. The van der Waals surface area contributed by atoms with Crippen LogP contribution in [-0.2, 0) is 0 Å². The van der Waals surface area contributed by atoms with Gasteiger partial charge in [-0.15, -0.1) is 0 Å². The Kier molecular flexibility index (Phi) is 17.1. The highest BCUT2D eigenvalue weighted by Crippen LogP contribution is 2.24. The van der Waals surface area contributed by atoms with Gasteiger partial charge in [0.05, 0.1) is 14.2 Å². The summed E-state index contributed by atoms with van der Waals surface area (Å²) in [6, 6.07) is 15.0. The van der Waals surface area contributed by atoms with Crippen molar-refractivity contribution in [3.63, 3.8) is 0 Å². The van der Waals surface area contributed by atoms with Crippen molar-refractivity contribution in [3.8, 4) is 11.5 Å². The summed E-state index contributed by atoms with van der Waals surface area (Å²) in [5, 5.41) is 0. The topological polar surface area (TPSA) is 59.1 Å². The van der Waals surface area contributed by atoms with Crippen molar-refractivity contribution in [3.05, 3.63) is 59.7 Å². The summed E-state index contributed by atoms with van der Waals surface area (Å²) >= 11 is 0. The Bertz CT molecular complexity index is 926. The molecule has 2 atom stereocenters. The van der Waals surface area contributed by atoms with Crippen LogP contribution in [0, 0.1) is 11.8 Å². The van der Waals surface area contributed by atoms with Gasteiger partial charge in [-0.25, -0.2) is 0 Å². The van der Waals surface area contributed by atoms with Gasteiger partial charge in [-0.05, 0) is 113 Å². The van der Waals surface area contributed by atoms with E-state index in [1.165, 1.54) is 0 Å². The van der Waals surface area contributed by atoms with Gasteiger partial charge in [-0.2, -0.15) is 0 Å². The van der Waals surface area contributed by atoms with Gasteiger partial charge in [0.1, 0.15) is 11.5 Å². The Balaban J connectivity index is 2.16. The maximum Gasteiger partial charge on any atom is 0.167 e. The molecule has 0 fully saturated rings. The number of carbonyl (C=O) groups is 2. The number of carbonyl (C=O) groups excluding carboxylic acids is 2. The first-order chi connectivity index (χ1) is 20.4. The molecule has 6 heteroatoms. The quantitative estimate of drug-likeness (QED) is 0.0987. The molecule has 2 rings (SSSR count). The van der Waals surface area contributed by atoms with E-state index in [-0.39, 0.29) is 23.4 Å². The predicted molar refractivity (Wildman–Crippen MR) is 174 cm³/mol. The maximum atomic E-state index is 13.7. The lowest BCUT2D eigenvalue weighted by molar-refractivity contribution is 0.0846. The number of ether oxygens (including phenoxy) is 2. The lowest BCUT2D eigenvalue weighted by Gasteiger charge is -2.28. The van der Waals surface area contributed by atoms with Crippen molar-refractivity contribution in [1.29, 1.82) is 0 Å². The van der Waals surface area contributed by atoms with Crippen LogP contribution < -0.4 is 9.47 Å². The van der Waals surface area contributed by atoms with Gasteiger partial charge in [0, 0.05) is 36.1 Å². The van der Waals surface area contributed by atoms with E-state index < -0.39 is 0 Å². The molecule has 42 heavy (non-hydrogen) atoms. The maximum absolute atomic E-state index is 13.7. The second kappa shape index (κ2) is 20.2. The van der Waals surface area contributed by atoms with Crippen LogP contribution in [0.25, 0.3) is 0 Å². The molecule has 0 amide bonds. The van der Waals surface area contributed by atoms with Crippen LogP contribution in [0.4, 0.5) is 0 Å². The normalized spacial score (nSPS) is 12.9. The molecule has 0 bridgehead atoms. The molecule has 2 aromatic rings. The fourth-order valence-corrected chi connectivity index (χ4v) is 5.85. The van der Waals surface area contributed by atoms with Crippen molar-refractivity contribution in [1.82, 2.24) is 9.80 Å². The zero-order valence-corrected chi connectivity index (χ0v) is 27.2. The SMILES string of the molecule is CCCN(CCC)CC(CCCCC(CN(CCC)CCC)C(=O)c1ccc(OC)cc1)C(=O)c1ccc(OC)cc1. The smallest absolute Gasteiger partial charge is 0.167 e. The number of nitrogens with zero attached hydrogens (tertiary/aromatic N) is 2. The van der Waals surface area contributed by atoms with E-state index in [0.717, 1.165) is 113 Å². The Morgan fingerprint density at radius 2 is 0.881 bits per heavy atom. The Hall–Kier alpha value is -2.70. The molecule has 0 radical (unpaired) electrons. The van der Waals surface area contributed by atoms with Gasteiger partial charge < -0.3 is 19.3 Å². The molecule has 0 spiro atoms. The second-order valence-electron chi connectivity index (χ2n) is 11.5. The van der Waals surface area contributed by atoms with E-state index in [1.54, 1.807) is 14.2 Å². The summed E-state index contributed by atoms with van der Waals surface area (Å²) in [6.45, 7) is 14.4. The number of rotatable bonds is 23. The lowest BCUT2D eigenvalue weighted by Crippen LogP contribution is -2.35. The minimum Gasteiger partial charge on any atom is -0.497 e. The predicted octanol–water partition coefficient (Wildman–Crippen LogP) is 7.81.